The lowest BCUT2D eigenvalue weighted by molar-refractivity contribution is 0.0696. The molecule has 4 N–H and O–H groups in total. The Morgan fingerprint density at radius 1 is 1.28 bits per heavy atom. The zero-order chi connectivity index (χ0) is 20.6. The Kier molecular flexibility index (Phi) is 6.75. The van der Waals surface area contributed by atoms with Gasteiger partial charge in [-0.3, -0.25) is 4.79 Å². The second kappa shape index (κ2) is 9.65. The number of nitrogens with zero attached hydrogens (tertiary/aromatic N) is 2. The van der Waals surface area contributed by atoms with Gasteiger partial charge in [0.05, 0.1) is 18.2 Å². The van der Waals surface area contributed by atoms with Crippen molar-refractivity contribution in [1.82, 2.24) is 15.3 Å². The Morgan fingerprint density at radius 2 is 2.07 bits per heavy atom. The van der Waals surface area contributed by atoms with E-state index in [9.17, 15) is 9.90 Å². The fourth-order valence-corrected chi connectivity index (χ4v) is 2.88. The van der Waals surface area contributed by atoms with Crippen molar-refractivity contribution in [3.63, 3.8) is 0 Å². The third-order valence-corrected chi connectivity index (χ3v) is 4.48. The van der Waals surface area contributed by atoms with Crippen molar-refractivity contribution in [2.24, 2.45) is 0 Å². The topological polar surface area (TPSA) is 129 Å². The molecule has 9 nitrogen and oxygen atoms in total. The van der Waals surface area contributed by atoms with Crippen molar-refractivity contribution < 1.29 is 19.4 Å². The van der Waals surface area contributed by atoms with Crippen molar-refractivity contribution in [2.45, 2.75) is 18.9 Å². The highest BCUT2D eigenvalue weighted by Gasteiger charge is 2.17. The summed E-state index contributed by atoms with van der Waals surface area (Å²) in [5.41, 5.74) is 1.23. The molecule has 1 aliphatic rings. The number of hydrogen-bond acceptors (Lipinski definition) is 8. The molecule has 1 fully saturated rings. The van der Waals surface area contributed by atoms with Gasteiger partial charge in [-0.1, -0.05) is 0 Å². The number of carbonyl (C=O) groups excluding carboxylic acids is 1. The third-order valence-electron chi connectivity index (χ3n) is 4.48. The van der Waals surface area contributed by atoms with Crippen molar-refractivity contribution in [2.75, 3.05) is 25.6 Å². The lowest BCUT2D eigenvalue weighted by Gasteiger charge is -2.23. The Hall–Kier alpha value is -3.46. The normalized spacial score (nSPS) is 15.2. The maximum atomic E-state index is 12.3. The van der Waals surface area contributed by atoms with E-state index in [2.05, 4.69) is 20.6 Å². The molecule has 0 bridgehead atoms. The summed E-state index contributed by atoms with van der Waals surface area (Å²) in [5.74, 6) is 0.262. The van der Waals surface area contributed by atoms with Crippen LogP contribution in [0, 0.1) is 5.41 Å². The molecule has 0 radical (unpaired) electrons. The van der Waals surface area contributed by atoms with Gasteiger partial charge in [-0.2, -0.15) is 0 Å². The van der Waals surface area contributed by atoms with Crippen LogP contribution in [0.4, 0.5) is 5.82 Å². The molecule has 29 heavy (non-hydrogen) atoms. The van der Waals surface area contributed by atoms with Crippen molar-refractivity contribution >= 4 is 23.5 Å². The molecule has 0 saturated carbocycles. The molecule has 152 valence electrons. The first-order valence-corrected chi connectivity index (χ1v) is 9.16. The van der Waals surface area contributed by atoms with Gasteiger partial charge < -0.3 is 30.6 Å². The fraction of sp³-hybridized carbons (Fsp3) is 0.300. The van der Waals surface area contributed by atoms with Gasteiger partial charge in [-0.25, -0.2) is 9.97 Å². The number of aliphatic hydroxyl groups excluding tert-OH is 1. The molecule has 0 spiro atoms. The van der Waals surface area contributed by atoms with E-state index in [1.54, 1.807) is 24.3 Å². The quantitative estimate of drug-likeness (QED) is 0.417. The number of ether oxygens (including phenoxy) is 2. The monoisotopic (exact) mass is 397 g/mol. The summed E-state index contributed by atoms with van der Waals surface area (Å²) in [7, 11) is 1.49. The molecule has 1 amide bonds. The minimum absolute atomic E-state index is 0.105. The van der Waals surface area contributed by atoms with E-state index in [0.717, 1.165) is 19.1 Å². The van der Waals surface area contributed by atoms with Crippen LogP contribution < -0.4 is 15.4 Å². The molecule has 1 saturated heterocycles. The fourth-order valence-electron chi connectivity index (χ4n) is 2.88. The van der Waals surface area contributed by atoms with Crippen LogP contribution in [0.5, 0.6) is 5.88 Å². The minimum Gasteiger partial charge on any atom is -0.494 e. The largest absolute Gasteiger partial charge is 0.494 e. The highest BCUT2D eigenvalue weighted by molar-refractivity contribution is 6.09. The summed E-state index contributed by atoms with van der Waals surface area (Å²) in [6.07, 6.45) is 5.57. The van der Waals surface area contributed by atoms with Gasteiger partial charge in [0.25, 0.3) is 5.91 Å². The minimum atomic E-state index is -0.250. The third kappa shape index (κ3) is 5.29. The van der Waals surface area contributed by atoms with Crippen molar-refractivity contribution in [3.05, 3.63) is 53.7 Å². The van der Waals surface area contributed by atoms with E-state index in [1.165, 1.54) is 19.5 Å². The molecule has 3 heterocycles. The van der Waals surface area contributed by atoms with Crippen LogP contribution in [0.25, 0.3) is 5.57 Å². The maximum absolute atomic E-state index is 12.3. The summed E-state index contributed by atoms with van der Waals surface area (Å²) < 4.78 is 10.4. The molecule has 3 rings (SSSR count). The second-order valence-electron chi connectivity index (χ2n) is 6.41. The average Bonchev–Trinajstić information content (AvgIpc) is 2.75. The molecule has 2 aromatic rings. The molecule has 2 aromatic heterocycles. The summed E-state index contributed by atoms with van der Waals surface area (Å²) in [6.45, 7) is 1.30. The first-order valence-electron chi connectivity index (χ1n) is 9.16. The SMILES string of the molecule is COc1cc(/C(C=N)=C(\O)Nc2ccc(C(=O)NC3CCOCC3)cn2)ccn1. The molecular weight excluding hydrogens is 374 g/mol. The molecular formula is C20H23N5O4. The van der Waals surface area contributed by atoms with E-state index in [4.69, 9.17) is 14.9 Å². The molecule has 0 aliphatic carbocycles. The van der Waals surface area contributed by atoms with Crippen LogP contribution in [-0.4, -0.2) is 53.6 Å². The average molecular weight is 397 g/mol. The summed E-state index contributed by atoms with van der Waals surface area (Å²) >= 11 is 0. The number of pyridine rings is 2. The Bertz CT molecular complexity index is 892. The zero-order valence-electron chi connectivity index (χ0n) is 16.0. The Labute approximate surface area is 168 Å². The van der Waals surface area contributed by atoms with E-state index < -0.39 is 0 Å². The maximum Gasteiger partial charge on any atom is 0.253 e. The van der Waals surface area contributed by atoms with Gasteiger partial charge in [0.1, 0.15) is 5.82 Å². The smallest absolute Gasteiger partial charge is 0.253 e. The number of nitrogens with one attached hydrogen (secondary N) is 3. The van der Waals surface area contributed by atoms with Crippen LogP contribution in [0.15, 0.2) is 42.5 Å². The Morgan fingerprint density at radius 3 is 2.72 bits per heavy atom. The van der Waals surface area contributed by atoms with Crippen LogP contribution in [0.3, 0.4) is 0 Å². The van der Waals surface area contributed by atoms with Crippen LogP contribution in [0.2, 0.25) is 0 Å². The summed E-state index contributed by atoms with van der Waals surface area (Å²) in [5, 5.41) is 23.7. The predicted octanol–water partition coefficient (Wildman–Crippen LogP) is 2.38. The van der Waals surface area contributed by atoms with E-state index >= 15 is 0 Å². The number of allylic oxidation sites excluding steroid dienone is 1. The number of aliphatic hydroxyl groups is 1. The number of aromatic nitrogens is 2. The van der Waals surface area contributed by atoms with Crippen LogP contribution >= 0.6 is 0 Å². The summed E-state index contributed by atoms with van der Waals surface area (Å²) in [6, 6.07) is 6.57. The zero-order valence-corrected chi connectivity index (χ0v) is 16.0. The number of methoxy groups -OCH3 is 1. The highest BCUT2D eigenvalue weighted by atomic mass is 16.5. The van der Waals surface area contributed by atoms with Crippen LogP contribution in [-0.2, 0) is 4.74 Å². The highest BCUT2D eigenvalue weighted by Crippen LogP contribution is 2.20. The van der Waals surface area contributed by atoms with E-state index in [-0.39, 0.29) is 23.4 Å². The van der Waals surface area contributed by atoms with Crippen LogP contribution in [0.1, 0.15) is 28.8 Å². The number of carbonyl (C=O) groups is 1. The number of hydrogen-bond donors (Lipinski definition) is 4. The van der Waals surface area contributed by atoms with Crippen molar-refractivity contribution in [3.8, 4) is 5.88 Å². The standard InChI is InChI=1S/C20H23N5O4/c1-28-18-10-13(4-7-22-18)16(11-21)20(27)25-17-3-2-14(12-23-17)19(26)24-15-5-8-29-9-6-15/h2-4,7,10-12,15,21,27H,5-6,8-9H2,1H3,(H,23,25)(H,24,26)/b20-16-,21-11?. The van der Waals surface area contributed by atoms with Gasteiger partial charge >= 0.3 is 0 Å². The predicted molar refractivity (Wildman–Crippen MR) is 108 cm³/mol. The van der Waals surface area contributed by atoms with E-state index in [1.807, 2.05) is 0 Å². The molecule has 0 atom stereocenters. The number of anilines is 1. The van der Waals surface area contributed by atoms with Gasteiger partial charge in [0, 0.05) is 43.9 Å². The van der Waals surface area contributed by atoms with E-state index in [0.29, 0.717) is 36.0 Å². The first-order chi connectivity index (χ1) is 14.1. The lowest BCUT2D eigenvalue weighted by Crippen LogP contribution is -2.38. The van der Waals surface area contributed by atoms with Gasteiger partial charge in [0.15, 0.2) is 5.88 Å². The van der Waals surface area contributed by atoms with Gasteiger partial charge in [-0.05, 0) is 36.6 Å². The first kappa shape index (κ1) is 20.3. The Balaban J connectivity index is 1.69. The molecule has 9 heteroatoms. The second-order valence-corrected chi connectivity index (χ2v) is 6.41. The number of amides is 1. The van der Waals surface area contributed by atoms with Gasteiger partial charge in [-0.15, -0.1) is 0 Å². The molecule has 1 aliphatic heterocycles. The number of rotatable bonds is 7. The van der Waals surface area contributed by atoms with Crippen molar-refractivity contribution in [1.29, 1.82) is 5.41 Å². The summed E-state index contributed by atoms with van der Waals surface area (Å²) in [4.78, 5) is 20.5. The molecule has 0 aromatic carbocycles. The molecule has 0 unspecified atom stereocenters. The lowest BCUT2D eigenvalue weighted by atomic mass is 10.1. The van der Waals surface area contributed by atoms with Gasteiger partial charge in [0.2, 0.25) is 5.88 Å².